The van der Waals surface area contributed by atoms with Gasteiger partial charge in [0, 0.05) is 16.6 Å². The Balaban J connectivity index is 3.20. The predicted molar refractivity (Wildman–Crippen MR) is 63.4 cm³/mol. The molecule has 0 saturated heterocycles. The van der Waals surface area contributed by atoms with Gasteiger partial charge in [0.1, 0.15) is 5.75 Å². The van der Waals surface area contributed by atoms with E-state index in [1.165, 1.54) is 0 Å². The van der Waals surface area contributed by atoms with Gasteiger partial charge in [0.05, 0.1) is 12.7 Å². The van der Waals surface area contributed by atoms with Crippen molar-refractivity contribution in [3.8, 4) is 5.75 Å². The van der Waals surface area contributed by atoms with Gasteiger partial charge in [-0.05, 0) is 41.9 Å². The first kappa shape index (κ1) is 12.0. The molecular weight excluding hydrogens is 258 g/mol. The lowest BCUT2D eigenvalue weighted by atomic mass is 10.1. The number of methoxy groups -OCH3 is 1. The van der Waals surface area contributed by atoms with E-state index in [1.54, 1.807) is 7.11 Å². The Hall–Kier alpha value is -1.03. The quantitative estimate of drug-likeness (QED) is 0.918. The van der Waals surface area contributed by atoms with E-state index >= 15 is 0 Å². The van der Waals surface area contributed by atoms with E-state index in [9.17, 15) is 4.79 Å². The van der Waals surface area contributed by atoms with Crippen LogP contribution < -0.4 is 10.1 Å². The number of carbonyl (C=O) groups excluding carboxylic acids is 1. The van der Waals surface area contributed by atoms with Crippen LogP contribution in [-0.2, 0) is 0 Å². The molecule has 0 aliphatic carbocycles. The zero-order valence-corrected chi connectivity index (χ0v) is 10.6. The third-order valence-corrected chi connectivity index (χ3v) is 2.81. The second-order valence-electron chi connectivity index (χ2n) is 3.11. The molecule has 0 heterocycles. The summed E-state index contributed by atoms with van der Waals surface area (Å²) in [4.78, 5) is 11.8. The van der Waals surface area contributed by atoms with Crippen LogP contribution in [0.25, 0.3) is 0 Å². The minimum Gasteiger partial charge on any atom is -0.496 e. The maximum Gasteiger partial charge on any atom is 0.252 e. The number of nitrogens with one attached hydrogen (secondary N) is 1. The second-order valence-corrected chi connectivity index (χ2v) is 3.96. The minimum absolute atomic E-state index is 0.0826. The van der Waals surface area contributed by atoms with E-state index < -0.39 is 0 Å². The van der Waals surface area contributed by atoms with Crippen molar-refractivity contribution in [3.05, 3.63) is 27.7 Å². The number of hydrogen-bond donors (Lipinski definition) is 1. The molecule has 0 spiro atoms. The fourth-order valence-corrected chi connectivity index (χ4v) is 2.02. The lowest BCUT2D eigenvalue weighted by molar-refractivity contribution is 0.0954. The number of carbonyl (C=O) groups is 1. The molecular formula is C11H14BrNO2. The predicted octanol–water partition coefficient (Wildman–Crippen LogP) is 2.52. The number of rotatable bonds is 3. The Morgan fingerprint density at radius 2 is 2.20 bits per heavy atom. The van der Waals surface area contributed by atoms with E-state index in [0.717, 1.165) is 15.8 Å². The molecule has 0 radical (unpaired) electrons. The van der Waals surface area contributed by atoms with Gasteiger partial charge in [-0.15, -0.1) is 0 Å². The largest absolute Gasteiger partial charge is 0.496 e. The standard InChI is InChI=1S/C11H14BrNO2/c1-4-13-11(14)10-7(2)9(15-3)6-5-8(10)12/h5-6H,4H2,1-3H3,(H,13,14). The highest BCUT2D eigenvalue weighted by Crippen LogP contribution is 2.28. The molecule has 0 aliphatic rings. The lowest BCUT2D eigenvalue weighted by Crippen LogP contribution is -2.24. The molecule has 4 heteroatoms. The number of ether oxygens (including phenoxy) is 1. The van der Waals surface area contributed by atoms with E-state index in [2.05, 4.69) is 21.2 Å². The van der Waals surface area contributed by atoms with Crippen molar-refractivity contribution in [3.63, 3.8) is 0 Å². The summed E-state index contributed by atoms with van der Waals surface area (Å²) in [7, 11) is 1.59. The van der Waals surface area contributed by atoms with Crippen molar-refractivity contribution in [1.29, 1.82) is 0 Å². The van der Waals surface area contributed by atoms with Crippen LogP contribution >= 0.6 is 15.9 Å². The zero-order valence-electron chi connectivity index (χ0n) is 9.06. The molecule has 1 aromatic rings. The molecule has 0 fully saturated rings. The van der Waals surface area contributed by atoms with Crippen LogP contribution in [0.3, 0.4) is 0 Å². The highest BCUT2D eigenvalue weighted by molar-refractivity contribution is 9.10. The first-order valence-electron chi connectivity index (χ1n) is 4.73. The number of benzene rings is 1. The molecule has 0 aliphatic heterocycles. The Morgan fingerprint density at radius 1 is 1.53 bits per heavy atom. The van der Waals surface area contributed by atoms with Gasteiger partial charge in [-0.3, -0.25) is 4.79 Å². The summed E-state index contributed by atoms with van der Waals surface area (Å²) in [5.74, 6) is 0.639. The van der Waals surface area contributed by atoms with Crippen molar-refractivity contribution in [1.82, 2.24) is 5.32 Å². The summed E-state index contributed by atoms with van der Waals surface area (Å²) < 4.78 is 5.95. The highest BCUT2D eigenvalue weighted by Gasteiger charge is 2.15. The number of amides is 1. The summed E-state index contributed by atoms with van der Waals surface area (Å²) in [6.45, 7) is 4.37. The van der Waals surface area contributed by atoms with Crippen molar-refractivity contribution in [2.24, 2.45) is 0 Å². The molecule has 1 amide bonds. The summed E-state index contributed by atoms with van der Waals surface area (Å²) in [5, 5.41) is 2.77. The fraction of sp³-hybridized carbons (Fsp3) is 0.364. The third-order valence-electron chi connectivity index (χ3n) is 2.15. The van der Waals surface area contributed by atoms with Crippen LogP contribution in [0.15, 0.2) is 16.6 Å². The molecule has 1 rings (SSSR count). The smallest absolute Gasteiger partial charge is 0.252 e. The summed E-state index contributed by atoms with van der Waals surface area (Å²) in [6, 6.07) is 3.65. The maximum absolute atomic E-state index is 11.8. The van der Waals surface area contributed by atoms with Gasteiger partial charge >= 0.3 is 0 Å². The average Bonchev–Trinajstić information content (AvgIpc) is 2.18. The molecule has 1 N–H and O–H groups in total. The molecule has 3 nitrogen and oxygen atoms in total. The topological polar surface area (TPSA) is 38.3 Å². The number of hydrogen-bond acceptors (Lipinski definition) is 2. The van der Waals surface area contributed by atoms with Crippen molar-refractivity contribution < 1.29 is 9.53 Å². The molecule has 82 valence electrons. The van der Waals surface area contributed by atoms with Gasteiger partial charge in [0.25, 0.3) is 5.91 Å². The lowest BCUT2D eigenvalue weighted by Gasteiger charge is -2.11. The number of halogens is 1. The summed E-state index contributed by atoms with van der Waals surface area (Å²) in [5.41, 5.74) is 1.48. The van der Waals surface area contributed by atoms with Crippen LogP contribution in [-0.4, -0.2) is 19.6 Å². The third kappa shape index (κ3) is 2.50. The van der Waals surface area contributed by atoms with Crippen LogP contribution in [0.5, 0.6) is 5.75 Å². The van der Waals surface area contributed by atoms with Crippen LogP contribution in [0.4, 0.5) is 0 Å². The van der Waals surface area contributed by atoms with Gasteiger partial charge in [-0.2, -0.15) is 0 Å². The normalized spacial score (nSPS) is 9.87. The van der Waals surface area contributed by atoms with Gasteiger partial charge in [0.2, 0.25) is 0 Å². The average molecular weight is 272 g/mol. The van der Waals surface area contributed by atoms with E-state index in [4.69, 9.17) is 4.74 Å². The molecule has 15 heavy (non-hydrogen) atoms. The first-order chi connectivity index (χ1) is 7.11. The molecule has 0 aromatic heterocycles. The Bertz CT molecular complexity index is 377. The Morgan fingerprint density at radius 3 is 2.73 bits per heavy atom. The molecule has 0 atom stereocenters. The Labute approximate surface area is 97.9 Å². The van der Waals surface area contributed by atoms with Crippen LogP contribution in [0.2, 0.25) is 0 Å². The zero-order chi connectivity index (χ0) is 11.4. The fourth-order valence-electron chi connectivity index (χ4n) is 1.41. The van der Waals surface area contributed by atoms with Crippen molar-refractivity contribution in [2.75, 3.05) is 13.7 Å². The van der Waals surface area contributed by atoms with Gasteiger partial charge < -0.3 is 10.1 Å². The van der Waals surface area contributed by atoms with Crippen LogP contribution in [0, 0.1) is 6.92 Å². The highest BCUT2D eigenvalue weighted by atomic mass is 79.9. The van der Waals surface area contributed by atoms with E-state index in [1.807, 2.05) is 26.0 Å². The molecule has 0 saturated carbocycles. The van der Waals surface area contributed by atoms with E-state index in [0.29, 0.717) is 12.1 Å². The summed E-state index contributed by atoms with van der Waals surface area (Å²) >= 11 is 3.36. The van der Waals surface area contributed by atoms with Crippen molar-refractivity contribution in [2.45, 2.75) is 13.8 Å². The molecule has 0 bridgehead atoms. The van der Waals surface area contributed by atoms with Crippen LogP contribution in [0.1, 0.15) is 22.8 Å². The van der Waals surface area contributed by atoms with Gasteiger partial charge in [0.15, 0.2) is 0 Å². The minimum atomic E-state index is -0.0826. The van der Waals surface area contributed by atoms with Crippen molar-refractivity contribution >= 4 is 21.8 Å². The monoisotopic (exact) mass is 271 g/mol. The van der Waals surface area contributed by atoms with E-state index in [-0.39, 0.29) is 5.91 Å². The molecule has 0 unspecified atom stereocenters. The first-order valence-corrected chi connectivity index (χ1v) is 5.52. The van der Waals surface area contributed by atoms with Gasteiger partial charge in [-0.25, -0.2) is 0 Å². The maximum atomic E-state index is 11.8. The molecule has 1 aromatic carbocycles. The van der Waals surface area contributed by atoms with Gasteiger partial charge in [-0.1, -0.05) is 0 Å². The summed E-state index contributed by atoms with van der Waals surface area (Å²) in [6.07, 6.45) is 0. The Kier molecular flexibility index (Phi) is 4.15. The second kappa shape index (κ2) is 5.16. The SMILES string of the molecule is CCNC(=O)c1c(Br)ccc(OC)c1C.